The van der Waals surface area contributed by atoms with Crippen LogP contribution in [-0.4, -0.2) is 21.5 Å². The van der Waals surface area contributed by atoms with Gasteiger partial charge in [0.1, 0.15) is 5.60 Å². The van der Waals surface area contributed by atoms with Crippen molar-refractivity contribution in [1.29, 1.82) is 0 Å². The smallest absolute Gasteiger partial charge is 0.435 e. The third kappa shape index (κ3) is 3.44. The lowest BCUT2D eigenvalue weighted by Gasteiger charge is -2.18. The number of aryl methyl sites for hydroxylation is 1. The van der Waals surface area contributed by atoms with Gasteiger partial charge in [-0.15, -0.1) is 0 Å². The molecule has 2 rings (SSSR count). The molecular weight excluding hydrogens is 240 g/mol. The lowest BCUT2D eigenvalue weighted by atomic mass is 10.1. The maximum absolute atomic E-state index is 11.8. The van der Waals surface area contributed by atoms with Crippen molar-refractivity contribution >= 4 is 6.09 Å². The normalized spacial score (nSPS) is 11.4. The van der Waals surface area contributed by atoms with Gasteiger partial charge in [0, 0.05) is 11.8 Å². The van der Waals surface area contributed by atoms with Crippen molar-refractivity contribution in [2.75, 3.05) is 0 Å². The summed E-state index contributed by atoms with van der Waals surface area (Å²) >= 11 is 0. The minimum absolute atomic E-state index is 0.467. The van der Waals surface area contributed by atoms with E-state index in [4.69, 9.17) is 4.74 Å². The van der Waals surface area contributed by atoms with Gasteiger partial charge in [-0.2, -0.15) is 9.78 Å². The van der Waals surface area contributed by atoms with E-state index in [0.29, 0.717) is 0 Å². The molecule has 0 aliphatic rings. The monoisotopic (exact) mass is 258 g/mol. The molecule has 0 aliphatic carbocycles. The van der Waals surface area contributed by atoms with E-state index in [2.05, 4.69) is 5.10 Å². The molecule has 0 radical (unpaired) electrons. The average Bonchev–Trinajstić information content (AvgIpc) is 2.77. The first kappa shape index (κ1) is 13.3. The molecule has 100 valence electrons. The van der Waals surface area contributed by atoms with Crippen LogP contribution in [0.25, 0.3) is 11.1 Å². The van der Waals surface area contributed by atoms with Crippen molar-refractivity contribution < 1.29 is 9.53 Å². The van der Waals surface area contributed by atoms with Crippen molar-refractivity contribution in [2.45, 2.75) is 33.3 Å². The maximum Gasteiger partial charge on any atom is 0.435 e. The van der Waals surface area contributed by atoms with Gasteiger partial charge in [-0.25, -0.2) is 4.79 Å². The molecule has 1 heterocycles. The molecule has 4 nitrogen and oxygen atoms in total. The maximum atomic E-state index is 11.8. The summed E-state index contributed by atoms with van der Waals surface area (Å²) in [6.07, 6.45) is 2.87. The van der Waals surface area contributed by atoms with Gasteiger partial charge in [0.25, 0.3) is 0 Å². The third-order valence-electron chi connectivity index (χ3n) is 2.55. The fourth-order valence-corrected chi connectivity index (χ4v) is 1.63. The van der Waals surface area contributed by atoms with E-state index in [9.17, 15) is 4.79 Å². The summed E-state index contributed by atoms with van der Waals surface area (Å²) in [4.78, 5) is 11.8. The Morgan fingerprint density at radius 1 is 1.16 bits per heavy atom. The summed E-state index contributed by atoms with van der Waals surface area (Å²) in [6.45, 7) is 7.52. The topological polar surface area (TPSA) is 44.1 Å². The molecule has 0 aliphatic heterocycles. The number of hydrogen-bond donors (Lipinski definition) is 0. The fraction of sp³-hybridized carbons (Fsp3) is 0.333. The van der Waals surface area contributed by atoms with Gasteiger partial charge in [0.2, 0.25) is 0 Å². The van der Waals surface area contributed by atoms with Crippen molar-refractivity contribution in [2.24, 2.45) is 0 Å². The average molecular weight is 258 g/mol. The second kappa shape index (κ2) is 4.88. The van der Waals surface area contributed by atoms with Crippen molar-refractivity contribution in [3.8, 4) is 11.1 Å². The molecule has 0 atom stereocenters. The summed E-state index contributed by atoms with van der Waals surface area (Å²) < 4.78 is 6.48. The Labute approximate surface area is 113 Å². The highest BCUT2D eigenvalue weighted by molar-refractivity contribution is 5.72. The van der Waals surface area contributed by atoms with E-state index in [-0.39, 0.29) is 0 Å². The van der Waals surface area contributed by atoms with Crippen molar-refractivity contribution in [3.63, 3.8) is 0 Å². The summed E-state index contributed by atoms with van der Waals surface area (Å²) in [5.41, 5.74) is 2.60. The van der Waals surface area contributed by atoms with Gasteiger partial charge in [0.05, 0.1) is 6.20 Å². The third-order valence-corrected chi connectivity index (χ3v) is 2.55. The number of aromatic nitrogens is 2. The number of hydrogen-bond acceptors (Lipinski definition) is 3. The van der Waals surface area contributed by atoms with Crippen LogP contribution in [0.5, 0.6) is 0 Å². The Bertz CT molecular complexity index is 577. The molecule has 0 fully saturated rings. The van der Waals surface area contributed by atoms with Crippen LogP contribution in [0, 0.1) is 6.92 Å². The molecule has 0 unspecified atom stereocenters. The van der Waals surface area contributed by atoms with Crippen molar-refractivity contribution in [1.82, 2.24) is 9.78 Å². The predicted octanol–water partition coefficient (Wildman–Crippen LogP) is 3.64. The van der Waals surface area contributed by atoms with Crippen LogP contribution in [0.1, 0.15) is 26.3 Å². The molecule has 0 N–H and O–H groups in total. The molecule has 4 heteroatoms. The van der Waals surface area contributed by atoms with E-state index in [0.717, 1.165) is 11.1 Å². The first-order chi connectivity index (χ1) is 8.85. The number of rotatable bonds is 1. The van der Waals surface area contributed by atoms with Gasteiger partial charge >= 0.3 is 6.09 Å². The van der Waals surface area contributed by atoms with Crippen LogP contribution in [0.4, 0.5) is 4.79 Å². The summed E-state index contributed by atoms with van der Waals surface area (Å²) in [6, 6.07) is 8.07. The Morgan fingerprint density at radius 2 is 1.79 bits per heavy atom. The Kier molecular flexibility index (Phi) is 3.42. The van der Waals surface area contributed by atoms with E-state index in [1.807, 2.05) is 52.0 Å². The Balaban J connectivity index is 2.19. The molecule has 0 spiro atoms. The Morgan fingerprint density at radius 3 is 2.37 bits per heavy atom. The Hall–Kier alpha value is -2.10. The molecular formula is C15H18N2O2. The minimum atomic E-state index is -0.521. The number of carbonyl (C=O) groups excluding carboxylic acids is 1. The molecule has 0 saturated carbocycles. The van der Waals surface area contributed by atoms with Crippen LogP contribution in [0.3, 0.4) is 0 Å². The first-order valence-electron chi connectivity index (χ1n) is 6.20. The summed E-state index contributed by atoms with van der Waals surface area (Å²) in [5, 5.41) is 4.04. The number of ether oxygens (including phenoxy) is 1. The lowest BCUT2D eigenvalue weighted by molar-refractivity contribution is 0.0514. The van der Waals surface area contributed by atoms with E-state index < -0.39 is 11.7 Å². The zero-order chi connectivity index (χ0) is 14.0. The number of carbonyl (C=O) groups is 1. The van der Waals surface area contributed by atoms with Gasteiger partial charge in [0.15, 0.2) is 0 Å². The molecule has 2 aromatic rings. The quantitative estimate of drug-likeness (QED) is 0.784. The van der Waals surface area contributed by atoms with E-state index in [1.54, 1.807) is 12.4 Å². The molecule has 0 saturated heterocycles. The molecule has 1 aromatic carbocycles. The first-order valence-corrected chi connectivity index (χ1v) is 6.20. The number of nitrogens with zero attached hydrogens (tertiary/aromatic N) is 2. The van der Waals surface area contributed by atoms with Crippen LogP contribution >= 0.6 is 0 Å². The highest BCUT2D eigenvalue weighted by Gasteiger charge is 2.18. The van der Waals surface area contributed by atoms with Gasteiger partial charge in [-0.1, -0.05) is 29.8 Å². The second-order valence-electron chi connectivity index (χ2n) is 5.52. The number of benzene rings is 1. The van der Waals surface area contributed by atoms with Gasteiger partial charge in [-0.05, 0) is 33.3 Å². The van der Waals surface area contributed by atoms with Crippen LogP contribution in [-0.2, 0) is 4.74 Å². The molecule has 19 heavy (non-hydrogen) atoms. The lowest BCUT2D eigenvalue weighted by Crippen LogP contribution is -2.27. The fourth-order valence-electron chi connectivity index (χ4n) is 1.63. The van der Waals surface area contributed by atoms with Crippen LogP contribution < -0.4 is 0 Å². The van der Waals surface area contributed by atoms with Crippen molar-refractivity contribution in [3.05, 3.63) is 42.2 Å². The van der Waals surface area contributed by atoms with Gasteiger partial charge in [-0.3, -0.25) is 0 Å². The van der Waals surface area contributed by atoms with Crippen LogP contribution in [0.15, 0.2) is 36.7 Å². The highest BCUT2D eigenvalue weighted by atomic mass is 16.6. The van der Waals surface area contributed by atoms with E-state index >= 15 is 0 Å². The second-order valence-corrected chi connectivity index (χ2v) is 5.52. The predicted molar refractivity (Wildman–Crippen MR) is 74.0 cm³/mol. The standard InChI is InChI=1S/C15H18N2O2/c1-11-5-7-12(8-6-11)13-9-16-17(10-13)14(18)19-15(2,3)4/h5-10H,1-4H3. The van der Waals surface area contributed by atoms with Gasteiger partial charge < -0.3 is 4.74 Å². The zero-order valence-electron chi connectivity index (χ0n) is 11.7. The molecule has 0 bridgehead atoms. The van der Waals surface area contributed by atoms with Crippen LogP contribution in [0.2, 0.25) is 0 Å². The molecule has 0 amide bonds. The highest BCUT2D eigenvalue weighted by Crippen LogP contribution is 2.19. The minimum Gasteiger partial charge on any atom is -0.442 e. The molecule has 1 aromatic heterocycles. The zero-order valence-corrected chi connectivity index (χ0v) is 11.7. The largest absolute Gasteiger partial charge is 0.442 e. The summed E-state index contributed by atoms with van der Waals surface area (Å²) in [5.74, 6) is 0. The summed E-state index contributed by atoms with van der Waals surface area (Å²) in [7, 11) is 0. The van der Waals surface area contributed by atoms with E-state index in [1.165, 1.54) is 10.2 Å². The SMILES string of the molecule is Cc1ccc(-c2cnn(C(=O)OC(C)(C)C)c2)cc1.